The average Bonchev–Trinajstić information content (AvgIpc) is 2.62. The molecule has 0 bridgehead atoms. The molecule has 0 radical (unpaired) electrons. The summed E-state index contributed by atoms with van der Waals surface area (Å²) < 4.78 is 10.5. The number of benzene rings is 2. The molecule has 0 aromatic heterocycles. The molecule has 0 aliphatic carbocycles. The van der Waals surface area contributed by atoms with Gasteiger partial charge in [0, 0.05) is 18.8 Å². The Kier molecular flexibility index (Phi) is 6.29. The lowest BCUT2D eigenvalue weighted by atomic mass is 10.1. The summed E-state index contributed by atoms with van der Waals surface area (Å²) in [5.74, 6) is 1.31. The molecule has 0 aliphatic heterocycles. The number of hydrogen-bond donors (Lipinski definition) is 1. The van der Waals surface area contributed by atoms with Crippen LogP contribution in [0.1, 0.15) is 25.0 Å². The maximum absolute atomic E-state index is 10.5. The van der Waals surface area contributed by atoms with Gasteiger partial charge in [0.05, 0.1) is 20.3 Å². The SMILES string of the molecule is CCN(CCC(O)c1ccc(OC)c(OC)c1)c1ccccc1. The Morgan fingerprint density at radius 1 is 1.00 bits per heavy atom. The summed E-state index contributed by atoms with van der Waals surface area (Å²) >= 11 is 0. The molecular weight excluding hydrogens is 290 g/mol. The van der Waals surface area contributed by atoms with E-state index in [4.69, 9.17) is 9.47 Å². The fraction of sp³-hybridized carbons (Fsp3) is 0.368. The molecule has 0 aliphatic rings. The highest BCUT2D eigenvalue weighted by Crippen LogP contribution is 2.31. The third kappa shape index (κ3) is 4.39. The molecule has 2 rings (SSSR count). The smallest absolute Gasteiger partial charge is 0.161 e. The number of nitrogens with zero attached hydrogens (tertiary/aromatic N) is 1. The standard InChI is InChI=1S/C19H25NO3/c1-4-20(16-8-6-5-7-9-16)13-12-17(21)15-10-11-18(22-2)19(14-15)23-3/h5-11,14,17,21H,4,12-13H2,1-3H3. The molecule has 1 unspecified atom stereocenters. The van der Waals surface area contributed by atoms with Crippen molar-refractivity contribution in [3.8, 4) is 11.5 Å². The fourth-order valence-corrected chi connectivity index (χ4v) is 2.61. The number of hydrogen-bond acceptors (Lipinski definition) is 4. The maximum Gasteiger partial charge on any atom is 0.161 e. The van der Waals surface area contributed by atoms with E-state index < -0.39 is 6.10 Å². The first kappa shape index (κ1) is 17.2. The molecule has 4 heteroatoms. The predicted molar refractivity (Wildman–Crippen MR) is 93.5 cm³/mol. The van der Waals surface area contributed by atoms with Gasteiger partial charge in [-0.25, -0.2) is 0 Å². The van der Waals surface area contributed by atoms with E-state index in [1.165, 1.54) is 5.69 Å². The van der Waals surface area contributed by atoms with Crippen LogP contribution >= 0.6 is 0 Å². The number of aliphatic hydroxyl groups excluding tert-OH is 1. The van der Waals surface area contributed by atoms with E-state index in [0.717, 1.165) is 18.7 Å². The van der Waals surface area contributed by atoms with Crippen LogP contribution in [-0.4, -0.2) is 32.4 Å². The second kappa shape index (κ2) is 8.44. The van der Waals surface area contributed by atoms with Crippen LogP contribution in [0.25, 0.3) is 0 Å². The lowest BCUT2D eigenvalue weighted by Gasteiger charge is -2.24. The summed E-state index contributed by atoms with van der Waals surface area (Å²) in [5.41, 5.74) is 2.02. The molecular formula is C19H25NO3. The number of aliphatic hydroxyl groups is 1. The van der Waals surface area contributed by atoms with Crippen molar-refractivity contribution in [2.75, 3.05) is 32.2 Å². The minimum Gasteiger partial charge on any atom is -0.493 e. The topological polar surface area (TPSA) is 41.9 Å². The number of para-hydroxylation sites is 1. The molecule has 1 N–H and O–H groups in total. The zero-order valence-electron chi connectivity index (χ0n) is 14.0. The maximum atomic E-state index is 10.5. The van der Waals surface area contributed by atoms with E-state index in [1.807, 2.05) is 36.4 Å². The van der Waals surface area contributed by atoms with Crippen LogP contribution in [0.15, 0.2) is 48.5 Å². The lowest BCUT2D eigenvalue weighted by molar-refractivity contribution is 0.169. The zero-order chi connectivity index (χ0) is 16.7. The Balaban J connectivity index is 2.02. The van der Waals surface area contributed by atoms with Crippen molar-refractivity contribution in [2.45, 2.75) is 19.4 Å². The number of methoxy groups -OCH3 is 2. The molecule has 1 atom stereocenters. The van der Waals surface area contributed by atoms with Gasteiger partial charge < -0.3 is 19.5 Å². The Hall–Kier alpha value is -2.20. The Morgan fingerprint density at radius 2 is 1.70 bits per heavy atom. The van der Waals surface area contributed by atoms with Gasteiger partial charge in [0.1, 0.15) is 0 Å². The van der Waals surface area contributed by atoms with E-state index in [1.54, 1.807) is 14.2 Å². The van der Waals surface area contributed by atoms with E-state index >= 15 is 0 Å². The highest BCUT2D eigenvalue weighted by atomic mass is 16.5. The van der Waals surface area contributed by atoms with Gasteiger partial charge in [-0.2, -0.15) is 0 Å². The van der Waals surface area contributed by atoms with Crippen molar-refractivity contribution in [2.24, 2.45) is 0 Å². The van der Waals surface area contributed by atoms with E-state index in [2.05, 4.69) is 24.0 Å². The Labute approximate surface area is 138 Å². The monoisotopic (exact) mass is 315 g/mol. The van der Waals surface area contributed by atoms with E-state index in [9.17, 15) is 5.11 Å². The summed E-state index contributed by atoms with van der Waals surface area (Å²) in [6, 6.07) is 15.8. The molecule has 0 heterocycles. The number of rotatable bonds is 8. The molecule has 0 fully saturated rings. The first-order chi connectivity index (χ1) is 11.2. The Bertz CT molecular complexity index is 601. The molecule has 23 heavy (non-hydrogen) atoms. The van der Waals surface area contributed by atoms with Crippen LogP contribution in [0, 0.1) is 0 Å². The second-order valence-electron chi connectivity index (χ2n) is 5.33. The van der Waals surface area contributed by atoms with Gasteiger partial charge in [-0.1, -0.05) is 24.3 Å². The zero-order valence-corrected chi connectivity index (χ0v) is 14.0. The van der Waals surface area contributed by atoms with Gasteiger partial charge >= 0.3 is 0 Å². The van der Waals surface area contributed by atoms with Crippen molar-refractivity contribution in [3.63, 3.8) is 0 Å². The van der Waals surface area contributed by atoms with Crippen LogP contribution in [0.4, 0.5) is 5.69 Å². The molecule has 2 aromatic carbocycles. The van der Waals surface area contributed by atoms with Crippen molar-refractivity contribution in [1.82, 2.24) is 0 Å². The normalized spacial score (nSPS) is 11.8. The first-order valence-corrected chi connectivity index (χ1v) is 7.89. The summed E-state index contributed by atoms with van der Waals surface area (Å²) in [7, 11) is 3.20. The van der Waals surface area contributed by atoms with Crippen molar-refractivity contribution >= 4 is 5.69 Å². The van der Waals surface area contributed by atoms with Crippen LogP contribution in [-0.2, 0) is 0 Å². The highest BCUT2D eigenvalue weighted by Gasteiger charge is 2.13. The van der Waals surface area contributed by atoms with Gasteiger partial charge in [-0.3, -0.25) is 0 Å². The van der Waals surface area contributed by atoms with Gasteiger partial charge in [0.25, 0.3) is 0 Å². The molecule has 2 aromatic rings. The van der Waals surface area contributed by atoms with Gasteiger partial charge in [0.2, 0.25) is 0 Å². The van der Waals surface area contributed by atoms with Gasteiger partial charge in [0.15, 0.2) is 11.5 Å². The largest absolute Gasteiger partial charge is 0.493 e. The molecule has 0 spiro atoms. The summed E-state index contributed by atoms with van der Waals surface area (Å²) in [6.07, 6.45) is 0.116. The second-order valence-corrected chi connectivity index (χ2v) is 5.33. The molecule has 0 amide bonds. The third-order valence-corrected chi connectivity index (χ3v) is 3.97. The fourth-order valence-electron chi connectivity index (χ4n) is 2.61. The summed E-state index contributed by atoms with van der Waals surface area (Å²) in [4.78, 5) is 2.25. The first-order valence-electron chi connectivity index (χ1n) is 7.89. The third-order valence-electron chi connectivity index (χ3n) is 3.97. The Morgan fingerprint density at radius 3 is 2.30 bits per heavy atom. The predicted octanol–water partition coefficient (Wildman–Crippen LogP) is 3.65. The number of anilines is 1. The molecule has 124 valence electrons. The average molecular weight is 315 g/mol. The highest BCUT2D eigenvalue weighted by molar-refractivity contribution is 5.46. The summed E-state index contributed by atoms with van der Waals surface area (Å²) in [6.45, 7) is 3.81. The summed E-state index contributed by atoms with van der Waals surface area (Å²) in [5, 5.41) is 10.5. The van der Waals surface area contributed by atoms with E-state index in [0.29, 0.717) is 17.9 Å². The van der Waals surface area contributed by atoms with Crippen molar-refractivity contribution < 1.29 is 14.6 Å². The lowest BCUT2D eigenvalue weighted by Crippen LogP contribution is -2.25. The van der Waals surface area contributed by atoms with Crippen LogP contribution in [0.3, 0.4) is 0 Å². The van der Waals surface area contributed by atoms with Gasteiger partial charge in [-0.15, -0.1) is 0 Å². The molecule has 0 saturated carbocycles. The van der Waals surface area contributed by atoms with Crippen LogP contribution in [0.2, 0.25) is 0 Å². The minimum atomic E-state index is -0.535. The minimum absolute atomic E-state index is 0.535. The van der Waals surface area contributed by atoms with Crippen molar-refractivity contribution in [3.05, 3.63) is 54.1 Å². The van der Waals surface area contributed by atoms with Crippen LogP contribution in [0.5, 0.6) is 11.5 Å². The quantitative estimate of drug-likeness (QED) is 0.807. The van der Waals surface area contributed by atoms with Crippen molar-refractivity contribution in [1.29, 1.82) is 0 Å². The van der Waals surface area contributed by atoms with Gasteiger partial charge in [-0.05, 0) is 43.2 Å². The molecule has 0 saturated heterocycles. The van der Waals surface area contributed by atoms with E-state index in [-0.39, 0.29) is 0 Å². The number of ether oxygens (including phenoxy) is 2. The van der Waals surface area contributed by atoms with Crippen LogP contribution < -0.4 is 14.4 Å². The molecule has 4 nitrogen and oxygen atoms in total.